The lowest BCUT2D eigenvalue weighted by Crippen LogP contribution is -2.40. The van der Waals surface area contributed by atoms with E-state index < -0.39 is 0 Å². The number of nitrogens with zero attached hydrogens (tertiary/aromatic N) is 1. The van der Waals surface area contributed by atoms with Gasteiger partial charge in [-0.25, -0.2) is 0 Å². The molecule has 0 spiro atoms. The summed E-state index contributed by atoms with van der Waals surface area (Å²) in [5.74, 6) is 0.436. The van der Waals surface area contributed by atoms with Gasteiger partial charge in [0, 0.05) is 25.0 Å². The van der Waals surface area contributed by atoms with E-state index in [0.29, 0.717) is 24.5 Å². The highest BCUT2D eigenvalue weighted by Gasteiger charge is 2.15. The smallest absolute Gasteiger partial charge is 0.239 e. The zero-order chi connectivity index (χ0) is 18.9. The van der Waals surface area contributed by atoms with Crippen molar-refractivity contribution < 1.29 is 14.3 Å². The lowest BCUT2D eigenvalue weighted by molar-refractivity contribution is -0.134. The van der Waals surface area contributed by atoms with E-state index in [4.69, 9.17) is 16.3 Å². The summed E-state index contributed by atoms with van der Waals surface area (Å²) in [7, 11) is 1.62. The first kappa shape index (κ1) is 19.8. The third kappa shape index (κ3) is 6.08. The number of carbonyl (C=O) groups excluding carboxylic acids is 2. The van der Waals surface area contributed by atoms with Gasteiger partial charge in [0.1, 0.15) is 5.75 Å². The summed E-state index contributed by atoms with van der Waals surface area (Å²) in [5.41, 5.74) is 1.92. The first-order valence-corrected chi connectivity index (χ1v) is 8.76. The number of rotatable bonds is 8. The van der Waals surface area contributed by atoms with Gasteiger partial charge >= 0.3 is 0 Å². The summed E-state index contributed by atoms with van der Waals surface area (Å²) in [4.78, 5) is 25.5. The maximum Gasteiger partial charge on any atom is 0.239 e. The van der Waals surface area contributed by atoms with Crippen molar-refractivity contribution in [3.8, 4) is 5.75 Å². The van der Waals surface area contributed by atoms with Crippen molar-refractivity contribution >= 4 is 23.4 Å². The molecule has 26 heavy (non-hydrogen) atoms. The van der Waals surface area contributed by atoms with Crippen LogP contribution in [0.5, 0.6) is 5.75 Å². The van der Waals surface area contributed by atoms with Crippen LogP contribution >= 0.6 is 11.6 Å². The van der Waals surface area contributed by atoms with Gasteiger partial charge in [0.05, 0.1) is 13.7 Å². The number of methoxy groups -OCH3 is 1. The van der Waals surface area contributed by atoms with E-state index in [2.05, 4.69) is 5.32 Å². The molecule has 2 aromatic carbocycles. The zero-order valence-electron chi connectivity index (χ0n) is 15.0. The van der Waals surface area contributed by atoms with Gasteiger partial charge < -0.3 is 15.0 Å². The molecule has 138 valence electrons. The number of amides is 2. The molecule has 5 nitrogen and oxygen atoms in total. The van der Waals surface area contributed by atoms with Crippen molar-refractivity contribution in [3.63, 3.8) is 0 Å². The number of ether oxygens (including phenoxy) is 1. The Hall–Kier alpha value is -2.53. The van der Waals surface area contributed by atoms with Crippen LogP contribution in [-0.4, -0.2) is 36.9 Å². The topological polar surface area (TPSA) is 58.6 Å². The Morgan fingerprint density at radius 3 is 2.42 bits per heavy atom. The molecule has 1 N–H and O–H groups in total. The fourth-order valence-electron chi connectivity index (χ4n) is 2.48. The molecular formula is C20H23ClN2O3. The predicted molar refractivity (Wildman–Crippen MR) is 102 cm³/mol. The molecule has 2 aromatic rings. The molecule has 2 rings (SSSR count). The Morgan fingerprint density at radius 1 is 1.12 bits per heavy atom. The molecule has 0 aromatic heterocycles. The van der Waals surface area contributed by atoms with E-state index in [9.17, 15) is 9.59 Å². The van der Waals surface area contributed by atoms with Gasteiger partial charge in [-0.3, -0.25) is 9.59 Å². The molecular weight excluding hydrogens is 352 g/mol. The normalized spacial score (nSPS) is 10.3. The van der Waals surface area contributed by atoms with E-state index in [0.717, 1.165) is 16.9 Å². The van der Waals surface area contributed by atoms with Crippen LogP contribution in [-0.2, 0) is 22.6 Å². The molecule has 6 heteroatoms. The number of carbonyl (C=O) groups is 2. The fraction of sp³-hybridized carbons (Fsp3) is 0.300. The average Bonchev–Trinajstić information content (AvgIpc) is 2.63. The molecule has 0 saturated carbocycles. The van der Waals surface area contributed by atoms with E-state index in [-0.39, 0.29) is 18.4 Å². The van der Waals surface area contributed by atoms with Crippen molar-refractivity contribution in [2.45, 2.75) is 19.9 Å². The number of hydrogen-bond acceptors (Lipinski definition) is 3. The number of halogens is 1. The minimum Gasteiger partial charge on any atom is -0.497 e. The standard InChI is InChI=1S/C20H23ClN2O3/c1-15(24)23(13-17-5-3-4-6-19(17)21)14-20(25)22-12-11-16-7-9-18(26-2)10-8-16/h3-10H,11-14H2,1-2H3,(H,22,25). The zero-order valence-corrected chi connectivity index (χ0v) is 15.8. The highest BCUT2D eigenvalue weighted by atomic mass is 35.5. The quantitative estimate of drug-likeness (QED) is 0.772. The molecule has 0 aliphatic heterocycles. The number of benzene rings is 2. The second-order valence-corrected chi connectivity index (χ2v) is 6.32. The minimum absolute atomic E-state index is 0.00314. The lowest BCUT2D eigenvalue weighted by atomic mass is 10.1. The van der Waals surface area contributed by atoms with E-state index >= 15 is 0 Å². The van der Waals surface area contributed by atoms with Gasteiger partial charge in [-0.05, 0) is 35.7 Å². The van der Waals surface area contributed by atoms with Crippen LogP contribution in [0.1, 0.15) is 18.1 Å². The molecule has 0 radical (unpaired) electrons. The number of hydrogen-bond donors (Lipinski definition) is 1. The van der Waals surface area contributed by atoms with E-state index in [1.165, 1.54) is 11.8 Å². The van der Waals surface area contributed by atoms with Crippen molar-refractivity contribution in [1.82, 2.24) is 10.2 Å². The van der Waals surface area contributed by atoms with Crippen LogP contribution in [0.15, 0.2) is 48.5 Å². The molecule has 0 bridgehead atoms. The average molecular weight is 375 g/mol. The van der Waals surface area contributed by atoms with Gasteiger partial charge in [0.2, 0.25) is 11.8 Å². The maximum absolute atomic E-state index is 12.2. The molecule has 0 heterocycles. The Labute approximate surface area is 158 Å². The second kappa shape index (κ2) is 9.82. The van der Waals surface area contributed by atoms with E-state index in [1.807, 2.05) is 42.5 Å². The summed E-state index contributed by atoms with van der Waals surface area (Å²) in [5, 5.41) is 3.43. The van der Waals surface area contributed by atoms with Crippen molar-refractivity contribution in [1.29, 1.82) is 0 Å². The SMILES string of the molecule is COc1ccc(CCNC(=O)CN(Cc2ccccc2Cl)C(C)=O)cc1. The number of nitrogens with one attached hydrogen (secondary N) is 1. The molecule has 0 aliphatic carbocycles. The Kier molecular flexibility index (Phi) is 7.48. The Morgan fingerprint density at radius 2 is 1.81 bits per heavy atom. The van der Waals surface area contributed by atoms with Gasteiger partial charge in [-0.1, -0.05) is 41.9 Å². The fourth-order valence-corrected chi connectivity index (χ4v) is 2.67. The Balaban J connectivity index is 1.83. The third-order valence-corrected chi connectivity index (χ3v) is 4.36. The minimum atomic E-state index is -0.194. The third-order valence-electron chi connectivity index (χ3n) is 3.99. The van der Waals surface area contributed by atoms with Crippen molar-refractivity contribution in [2.24, 2.45) is 0 Å². The summed E-state index contributed by atoms with van der Waals surface area (Å²) >= 11 is 6.14. The summed E-state index contributed by atoms with van der Waals surface area (Å²) < 4.78 is 5.12. The van der Waals surface area contributed by atoms with Crippen LogP contribution in [0.25, 0.3) is 0 Å². The van der Waals surface area contributed by atoms with Crippen LogP contribution in [0.4, 0.5) is 0 Å². The molecule has 0 atom stereocenters. The molecule has 0 unspecified atom stereocenters. The van der Waals surface area contributed by atoms with Crippen molar-refractivity contribution in [3.05, 3.63) is 64.7 Å². The molecule has 0 saturated heterocycles. The first-order valence-electron chi connectivity index (χ1n) is 8.38. The van der Waals surface area contributed by atoms with Gasteiger partial charge in [0.15, 0.2) is 0 Å². The van der Waals surface area contributed by atoms with Gasteiger partial charge in [0.25, 0.3) is 0 Å². The predicted octanol–water partition coefficient (Wildman–Crippen LogP) is 3.06. The highest BCUT2D eigenvalue weighted by molar-refractivity contribution is 6.31. The van der Waals surface area contributed by atoms with Crippen LogP contribution in [0.2, 0.25) is 5.02 Å². The van der Waals surface area contributed by atoms with Crippen LogP contribution < -0.4 is 10.1 Å². The largest absolute Gasteiger partial charge is 0.497 e. The molecule has 0 aliphatic rings. The summed E-state index contributed by atoms with van der Waals surface area (Å²) in [6, 6.07) is 15.0. The summed E-state index contributed by atoms with van der Waals surface area (Å²) in [6.45, 7) is 2.26. The first-order chi connectivity index (χ1) is 12.5. The molecule has 2 amide bonds. The monoisotopic (exact) mass is 374 g/mol. The van der Waals surface area contributed by atoms with Crippen LogP contribution in [0.3, 0.4) is 0 Å². The lowest BCUT2D eigenvalue weighted by Gasteiger charge is -2.21. The maximum atomic E-state index is 12.2. The van der Waals surface area contributed by atoms with Gasteiger partial charge in [-0.15, -0.1) is 0 Å². The van der Waals surface area contributed by atoms with Gasteiger partial charge in [-0.2, -0.15) is 0 Å². The highest BCUT2D eigenvalue weighted by Crippen LogP contribution is 2.17. The second-order valence-electron chi connectivity index (χ2n) is 5.91. The molecule has 0 fully saturated rings. The van der Waals surface area contributed by atoms with Crippen LogP contribution in [0, 0.1) is 0 Å². The van der Waals surface area contributed by atoms with Crippen molar-refractivity contribution in [2.75, 3.05) is 20.2 Å². The summed E-state index contributed by atoms with van der Waals surface area (Å²) in [6.07, 6.45) is 0.709. The Bertz CT molecular complexity index is 747. The van der Waals surface area contributed by atoms with E-state index in [1.54, 1.807) is 13.2 Å².